The van der Waals surface area contributed by atoms with E-state index in [2.05, 4.69) is 0 Å². The van der Waals surface area contributed by atoms with E-state index in [1.807, 2.05) is 0 Å². The number of carbonyl (C=O) groups is 2. The van der Waals surface area contributed by atoms with E-state index in [1.54, 1.807) is 18.2 Å². The average Bonchev–Trinajstić information content (AvgIpc) is 3.28. The van der Waals surface area contributed by atoms with Crippen molar-refractivity contribution in [3.05, 3.63) is 28.8 Å². The van der Waals surface area contributed by atoms with Crippen LogP contribution in [0.1, 0.15) is 29.6 Å². The molecular formula is C17H21ClN2O4. The second-order valence-corrected chi connectivity index (χ2v) is 6.98. The van der Waals surface area contributed by atoms with Crippen molar-refractivity contribution in [2.24, 2.45) is 17.6 Å². The molecule has 130 valence electrons. The number of hydrogen-bond acceptors (Lipinski definition) is 4. The number of rotatable bonds is 6. The Hall–Kier alpha value is -1.79. The maximum absolute atomic E-state index is 12.9. The first-order valence-electron chi connectivity index (χ1n) is 8.12. The topological polar surface area (TPSA) is 92.9 Å². The molecular weight excluding hydrogens is 332 g/mol. The average molecular weight is 353 g/mol. The number of aliphatic hydroxyl groups excluding tert-OH is 1. The van der Waals surface area contributed by atoms with Crippen LogP contribution in [0.15, 0.2) is 18.2 Å². The molecule has 1 saturated carbocycles. The highest BCUT2D eigenvalue weighted by Crippen LogP contribution is 2.33. The smallest absolute Gasteiger partial charge is 0.259 e. The van der Waals surface area contributed by atoms with Crippen LogP contribution >= 0.6 is 11.6 Å². The first-order chi connectivity index (χ1) is 11.5. The summed E-state index contributed by atoms with van der Waals surface area (Å²) in [6, 6.07) is 5.12. The molecule has 0 aromatic heterocycles. The van der Waals surface area contributed by atoms with Gasteiger partial charge < -0.3 is 20.5 Å². The molecule has 2 atom stereocenters. The highest BCUT2D eigenvalue weighted by Gasteiger charge is 2.36. The van der Waals surface area contributed by atoms with Crippen LogP contribution in [0.3, 0.4) is 0 Å². The van der Waals surface area contributed by atoms with Gasteiger partial charge in [0, 0.05) is 25.4 Å². The van der Waals surface area contributed by atoms with Gasteiger partial charge in [0.25, 0.3) is 5.91 Å². The van der Waals surface area contributed by atoms with Gasteiger partial charge in [-0.25, -0.2) is 0 Å². The Bertz CT molecular complexity index is 647. The van der Waals surface area contributed by atoms with Crippen LogP contribution < -0.4 is 10.5 Å². The summed E-state index contributed by atoms with van der Waals surface area (Å²) in [4.78, 5) is 25.4. The minimum Gasteiger partial charge on any atom is -0.492 e. The molecule has 2 fully saturated rings. The zero-order valence-electron chi connectivity index (χ0n) is 13.3. The number of nitrogens with zero attached hydrogens (tertiary/aromatic N) is 1. The Morgan fingerprint density at radius 1 is 1.33 bits per heavy atom. The molecule has 1 aromatic carbocycles. The number of benzene rings is 1. The predicted octanol–water partition coefficient (Wildman–Crippen LogP) is 1.44. The Labute approximate surface area is 145 Å². The normalized spacial score (nSPS) is 23.3. The second-order valence-electron chi connectivity index (χ2n) is 6.58. The summed E-state index contributed by atoms with van der Waals surface area (Å²) in [7, 11) is 0. The van der Waals surface area contributed by atoms with Crippen LogP contribution in [0.5, 0.6) is 5.75 Å². The highest BCUT2D eigenvalue weighted by atomic mass is 35.5. The molecule has 1 saturated heterocycles. The van der Waals surface area contributed by atoms with Crippen molar-refractivity contribution in [1.29, 1.82) is 0 Å². The van der Waals surface area contributed by atoms with E-state index in [1.165, 1.54) is 4.90 Å². The molecule has 0 unspecified atom stereocenters. The number of halogens is 1. The van der Waals surface area contributed by atoms with Gasteiger partial charge >= 0.3 is 0 Å². The van der Waals surface area contributed by atoms with Crippen LogP contribution in [0, 0.1) is 11.8 Å². The molecule has 1 heterocycles. The summed E-state index contributed by atoms with van der Waals surface area (Å²) in [5.41, 5.74) is 5.51. The molecule has 7 heteroatoms. The molecule has 1 aliphatic heterocycles. The summed E-state index contributed by atoms with van der Waals surface area (Å²) < 4.78 is 5.77. The van der Waals surface area contributed by atoms with E-state index in [0.29, 0.717) is 28.9 Å². The number of ether oxygens (including phenoxy) is 1. The number of β-amino-alcohol motifs (C(OH)–C–C–N with tert-alkyl or cyclic N) is 1. The number of aliphatic hydroxyl groups is 1. The molecule has 0 spiro atoms. The summed E-state index contributed by atoms with van der Waals surface area (Å²) in [6.07, 6.45) is 1.59. The molecule has 2 aliphatic rings. The number of carbonyl (C=O) groups excluding carboxylic acids is 2. The largest absolute Gasteiger partial charge is 0.492 e. The first-order valence-corrected chi connectivity index (χ1v) is 8.50. The van der Waals surface area contributed by atoms with E-state index in [9.17, 15) is 14.7 Å². The lowest BCUT2D eigenvalue weighted by atomic mass is 10.0. The van der Waals surface area contributed by atoms with Crippen LogP contribution in [0.4, 0.5) is 0 Å². The molecule has 0 radical (unpaired) electrons. The van der Waals surface area contributed by atoms with Gasteiger partial charge in [0.05, 0.1) is 17.7 Å². The van der Waals surface area contributed by atoms with Crippen molar-refractivity contribution in [1.82, 2.24) is 4.90 Å². The lowest BCUT2D eigenvalue weighted by molar-refractivity contribution is -0.119. The molecule has 1 aromatic rings. The number of hydrogen-bond donors (Lipinski definition) is 2. The van der Waals surface area contributed by atoms with Gasteiger partial charge in [0.2, 0.25) is 5.91 Å². The Morgan fingerprint density at radius 3 is 2.75 bits per heavy atom. The third-order valence-electron chi connectivity index (χ3n) is 4.52. The van der Waals surface area contributed by atoms with Gasteiger partial charge in [0.1, 0.15) is 11.3 Å². The monoisotopic (exact) mass is 352 g/mol. The van der Waals surface area contributed by atoms with E-state index >= 15 is 0 Å². The summed E-state index contributed by atoms with van der Waals surface area (Å²) in [5.74, 6) is -0.102. The Balaban J connectivity index is 1.75. The van der Waals surface area contributed by atoms with E-state index in [0.717, 1.165) is 12.8 Å². The molecule has 24 heavy (non-hydrogen) atoms. The summed E-state index contributed by atoms with van der Waals surface area (Å²) in [6.45, 7) is 1.01. The fourth-order valence-corrected chi connectivity index (χ4v) is 3.21. The minimum absolute atomic E-state index is 0.0541. The summed E-state index contributed by atoms with van der Waals surface area (Å²) >= 11 is 6.23. The summed E-state index contributed by atoms with van der Waals surface area (Å²) in [5, 5.41) is 10.4. The van der Waals surface area contributed by atoms with Gasteiger partial charge in [-0.15, -0.1) is 0 Å². The van der Waals surface area contributed by atoms with Crippen molar-refractivity contribution >= 4 is 23.4 Å². The lowest BCUT2D eigenvalue weighted by Crippen LogP contribution is -2.30. The third-order valence-corrected chi connectivity index (χ3v) is 4.83. The van der Waals surface area contributed by atoms with Crippen molar-refractivity contribution < 1.29 is 19.4 Å². The standard InChI is InChI=1S/C17H21ClN2O4/c18-12-2-1-3-14(24-9-10-4-5-10)16(12)17(23)20-7-11(6-15(19)22)13(21)8-20/h1-3,10-11,13,21H,4-9H2,(H2,19,22)/t11-,13-/m1/s1. The van der Waals surface area contributed by atoms with Crippen LogP contribution in [0.2, 0.25) is 5.02 Å². The minimum atomic E-state index is -0.764. The lowest BCUT2D eigenvalue weighted by Gasteiger charge is -2.19. The van der Waals surface area contributed by atoms with E-state index < -0.39 is 12.0 Å². The molecule has 3 N–H and O–H groups in total. The van der Waals surface area contributed by atoms with Gasteiger partial charge in [0.15, 0.2) is 0 Å². The second kappa shape index (κ2) is 6.99. The van der Waals surface area contributed by atoms with Crippen molar-refractivity contribution in [2.45, 2.75) is 25.4 Å². The molecule has 1 aliphatic carbocycles. The van der Waals surface area contributed by atoms with E-state index in [4.69, 9.17) is 22.1 Å². The van der Waals surface area contributed by atoms with Crippen LogP contribution in [-0.2, 0) is 4.79 Å². The Kier molecular flexibility index (Phi) is 4.96. The SMILES string of the molecule is NC(=O)C[C@@H]1CN(C(=O)c2c(Cl)cccc2OCC2CC2)C[C@H]1O. The molecule has 2 amide bonds. The number of primary amides is 1. The van der Waals surface area contributed by atoms with Crippen LogP contribution in [-0.4, -0.2) is 47.6 Å². The molecule has 6 nitrogen and oxygen atoms in total. The van der Waals surface area contributed by atoms with Gasteiger partial charge in [-0.05, 0) is 30.9 Å². The van der Waals surface area contributed by atoms with Gasteiger partial charge in [-0.3, -0.25) is 9.59 Å². The van der Waals surface area contributed by atoms with Gasteiger partial charge in [-0.2, -0.15) is 0 Å². The number of nitrogens with two attached hydrogens (primary N) is 1. The van der Waals surface area contributed by atoms with Gasteiger partial charge in [-0.1, -0.05) is 17.7 Å². The maximum atomic E-state index is 12.9. The zero-order valence-corrected chi connectivity index (χ0v) is 14.0. The number of amides is 2. The maximum Gasteiger partial charge on any atom is 0.259 e. The van der Waals surface area contributed by atoms with E-state index in [-0.39, 0.29) is 31.3 Å². The third kappa shape index (κ3) is 3.82. The van der Waals surface area contributed by atoms with Crippen molar-refractivity contribution in [2.75, 3.05) is 19.7 Å². The zero-order chi connectivity index (χ0) is 17.3. The number of likely N-dealkylation sites (tertiary alicyclic amines) is 1. The highest BCUT2D eigenvalue weighted by molar-refractivity contribution is 6.34. The molecule has 0 bridgehead atoms. The molecule has 3 rings (SSSR count). The first kappa shape index (κ1) is 17.0. The predicted molar refractivity (Wildman–Crippen MR) is 88.9 cm³/mol. The fourth-order valence-electron chi connectivity index (χ4n) is 2.96. The quantitative estimate of drug-likeness (QED) is 0.810. The van der Waals surface area contributed by atoms with Crippen LogP contribution in [0.25, 0.3) is 0 Å². The Morgan fingerprint density at radius 2 is 2.08 bits per heavy atom. The van der Waals surface area contributed by atoms with Crippen molar-refractivity contribution in [3.63, 3.8) is 0 Å². The fraction of sp³-hybridized carbons (Fsp3) is 0.529. The van der Waals surface area contributed by atoms with Crippen molar-refractivity contribution in [3.8, 4) is 5.75 Å².